The zero-order chi connectivity index (χ0) is 12.9. The van der Waals surface area contributed by atoms with E-state index in [1.165, 1.54) is 51.7 Å². The number of nitrogens with zero attached hydrogens (tertiary/aromatic N) is 4. The second-order valence-corrected chi connectivity index (χ2v) is 5.84. The van der Waals surface area contributed by atoms with Crippen LogP contribution in [0.25, 0.3) is 0 Å². The topological polar surface area (TPSA) is 32.3 Å². The molecule has 0 saturated carbocycles. The van der Waals surface area contributed by atoms with Crippen LogP contribution in [0, 0.1) is 5.92 Å². The third-order valence-electron chi connectivity index (χ3n) is 4.41. The van der Waals surface area contributed by atoms with Crippen LogP contribution in [0.3, 0.4) is 0 Å². The Morgan fingerprint density at radius 3 is 2.32 bits per heavy atom. The smallest absolute Gasteiger partial charge is 0.225 e. The summed E-state index contributed by atoms with van der Waals surface area (Å²) in [5.74, 6) is 1.77. The first-order chi connectivity index (χ1) is 9.42. The third kappa shape index (κ3) is 3.44. The number of aromatic nitrogens is 2. The Labute approximate surface area is 115 Å². The normalized spacial score (nSPS) is 22.6. The predicted octanol–water partition coefficient (Wildman–Crippen LogP) is 2.18. The van der Waals surface area contributed by atoms with Gasteiger partial charge in [0.05, 0.1) is 0 Å². The van der Waals surface area contributed by atoms with Gasteiger partial charge in [-0.05, 0) is 50.8 Å². The molecule has 2 saturated heterocycles. The van der Waals surface area contributed by atoms with Gasteiger partial charge >= 0.3 is 0 Å². The first-order valence-electron chi connectivity index (χ1n) is 7.66. The van der Waals surface area contributed by atoms with Crippen molar-refractivity contribution in [1.29, 1.82) is 0 Å². The van der Waals surface area contributed by atoms with Gasteiger partial charge in [0.15, 0.2) is 0 Å². The molecule has 2 fully saturated rings. The molecule has 0 atom stereocenters. The summed E-state index contributed by atoms with van der Waals surface area (Å²) in [6.07, 6.45) is 10.5. The van der Waals surface area contributed by atoms with Gasteiger partial charge in [-0.15, -0.1) is 0 Å². The van der Waals surface area contributed by atoms with Crippen molar-refractivity contribution in [2.45, 2.75) is 32.1 Å². The first kappa shape index (κ1) is 12.9. The van der Waals surface area contributed by atoms with E-state index in [0.717, 1.165) is 25.0 Å². The highest BCUT2D eigenvalue weighted by Gasteiger charge is 2.23. The molecular weight excluding hydrogens is 236 g/mol. The van der Waals surface area contributed by atoms with E-state index in [1.807, 2.05) is 18.5 Å². The summed E-state index contributed by atoms with van der Waals surface area (Å²) in [6.45, 7) is 6.18. The zero-order valence-corrected chi connectivity index (χ0v) is 11.7. The van der Waals surface area contributed by atoms with E-state index in [0.29, 0.717) is 0 Å². The van der Waals surface area contributed by atoms with Gasteiger partial charge in [-0.1, -0.05) is 6.42 Å². The molecule has 2 aliphatic rings. The van der Waals surface area contributed by atoms with Gasteiger partial charge in [-0.25, -0.2) is 9.97 Å². The molecule has 19 heavy (non-hydrogen) atoms. The average molecular weight is 260 g/mol. The summed E-state index contributed by atoms with van der Waals surface area (Å²) in [5, 5.41) is 0. The van der Waals surface area contributed by atoms with Crippen molar-refractivity contribution in [3.8, 4) is 0 Å². The molecule has 3 heterocycles. The van der Waals surface area contributed by atoms with Gasteiger partial charge in [0, 0.05) is 32.0 Å². The van der Waals surface area contributed by atoms with Gasteiger partial charge in [0.1, 0.15) is 0 Å². The Bertz CT molecular complexity index is 367. The Morgan fingerprint density at radius 1 is 0.947 bits per heavy atom. The molecule has 0 aromatic carbocycles. The van der Waals surface area contributed by atoms with Crippen molar-refractivity contribution in [3.63, 3.8) is 0 Å². The molecule has 2 aliphatic heterocycles. The molecule has 0 aliphatic carbocycles. The van der Waals surface area contributed by atoms with Gasteiger partial charge in [0.25, 0.3) is 0 Å². The number of hydrogen-bond acceptors (Lipinski definition) is 4. The minimum atomic E-state index is 0.873. The molecule has 0 radical (unpaired) electrons. The number of anilines is 1. The molecule has 4 nitrogen and oxygen atoms in total. The summed E-state index contributed by atoms with van der Waals surface area (Å²) < 4.78 is 0. The molecule has 1 aromatic rings. The maximum Gasteiger partial charge on any atom is 0.225 e. The number of rotatable bonds is 3. The highest BCUT2D eigenvalue weighted by molar-refractivity contribution is 5.28. The molecule has 0 unspecified atom stereocenters. The fourth-order valence-electron chi connectivity index (χ4n) is 3.28. The van der Waals surface area contributed by atoms with Crippen LogP contribution < -0.4 is 4.90 Å². The quantitative estimate of drug-likeness (QED) is 0.834. The van der Waals surface area contributed by atoms with Crippen molar-refractivity contribution < 1.29 is 0 Å². The van der Waals surface area contributed by atoms with Crippen LogP contribution in [-0.4, -0.2) is 47.6 Å². The standard InChI is InChI=1S/C15H24N4/c1-2-9-18(10-3-1)13-14-5-11-19(12-6-14)15-16-7-4-8-17-15/h4,7-8,14H,1-3,5-6,9-13H2. The van der Waals surface area contributed by atoms with E-state index in [1.54, 1.807) is 0 Å². The van der Waals surface area contributed by atoms with E-state index in [9.17, 15) is 0 Å². The Morgan fingerprint density at radius 2 is 1.63 bits per heavy atom. The minimum absolute atomic E-state index is 0.873. The fourth-order valence-corrected chi connectivity index (χ4v) is 3.28. The van der Waals surface area contributed by atoms with Crippen molar-refractivity contribution in [2.75, 3.05) is 37.6 Å². The summed E-state index contributed by atoms with van der Waals surface area (Å²) in [7, 11) is 0. The summed E-state index contributed by atoms with van der Waals surface area (Å²) in [5.41, 5.74) is 0. The predicted molar refractivity (Wildman–Crippen MR) is 77.3 cm³/mol. The highest BCUT2D eigenvalue weighted by atomic mass is 15.2. The van der Waals surface area contributed by atoms with Crippen molar-refractivity contribution in [3.05, 3.63) is 18.5 Å². The zero-order valence-electron chi connectivity index (χ0n) is 11.7. The van der Waals surface area contributed by atoms with Gasteiger partial charge in [0.2, 0.25) is 5.95 Å². The third-order valence-corrected chi connectivity index (χ3v) is 4.41. The van der Waals surface area contributed by atoms with Crippen LogP contribution in [0.4, 0.5) is 5.95 Å². The second kappa shape index (κ2) is 6.33. The van der Waals surface area contributed by atoms with Gasteiger partial charge < -0.3 is 9.80 Å². The Hall–Kier alpha value is -1.16. The maximum absolute atomic E-state index is 4.35. The fraction of sp³-hybridized carbons (Fsp3) is 0.733. The maximum atomic E-state index is 4.35. The van der Waals surface area contributed by atoms with Crippen LogP contribution >= 0.6 is 0 Å². The van der Waals surface area contributed by atoms with Crippen molar-refractivity contribution in [2.24, 2.45) is 5.92 Å². The van der Waals surface area contributed by atoms with Crippen molar-refractivity contribution in [1.82, 2.24) is 14.9 Å². The number of piperidine rings is 2. The molecule has 0 N–H and O–H groups in total. The van der Waals surface area contributed by atoms with Crippen molar-refractivity contribution >= 4 is 5.95 Å². The van der Waals surface area contributed by atoms with E-state index in [4.69, 9.17) is 0 Å². The lowest BCUT2D eigenvalue weighted by Crippen LogP contribution is -2.40. The van der Waals surface area contributed by atoms with Crippen LogP contribution in [0.15, 0.2) is 18.5 Å². The molecule has 1 aromatic heterocycles. The van der Waals surface area contributed by atoms with Gasteiger partial charge in [-0.3, -0.25) is 0 Å². The van der Waals surface area contributed by atoms with Gasteiger partial charge in [-0.2, -0.15) is 0 Å². The minimum Gasteiger partial charge on any atom is -0.341 e. The van der Waals surface area contributed by atoms with Crippen LogP contribution in [0.1, 0.15) is 32.1 Å². The molecule has 0 spiro atoms. The molecule has 4 heteroatoms. The highest BCUT2D eigenvalue weighted by Crippen LogP contribution is 2.22. The lowest BCUT2D eigenvalue weighted by atomic mass is 9.95. The largest absolute Gasteiger partial charge is 0.341 e. The van der Waals surface area contributed by atoms with E-state index >= 15 is 0 Å². The SMILES string of the molecule is c1cnc(N2CCC(CN3CCCCC3)CC2)nc1. The molecule has 0 bridgehead atoms. The summed E-state index contributed by atoms with van der Waals surface area (Å²) >= 11 is 0. The lowest BCUT2D eigenvalue weighted by molar-refractivity contribution is 0.181. The number of hydrogen-bond donors (Lipinski definition) is 0. The molecule has 0 amide bonds. The van der Waals surface area contributed by atoms with Crippen LogP contribution in [0.5, 0.6) is 0 Å². The molecule has 3 rings (SSSR count). The van der Waals surface area contributed by atoms with Crippen LogP contribution in [-0.2, 0) is 0 Å². The first-order valence-corrected chi connectivity index (χ1v) is 7.66. The summed E-state index contributed by atoms with van der Waals surface area (Å²) in [6, 6.07) is 1.88. The lowest BCUT2D eigenvalue weighted by Gasteiger charge is -2.36. The monoisotopic (exact) mass is 260 g/mol. The summed E-state index contributed by atoms with van der Waals surface area (Å²) in [4.78, 5) is 13.7. The molecule has 104 valence electrons. The van der Waals surface area contributed by atoms with E-state index in [-0.39, 0.29) is 0 Å². The second-order valence-electron chi connectivity index (χ2n) is 5.84. The number of likely N-dealkylation sites (tertiary alicyclic amines) is 1. The van der Waals surface area contributed by atoms with Crippen LogP contribution in [0.2, 0.25) is 0 Å². The molecular formula is C15H24N4. The van der Waals surface area contributed by atoms with E-state index in [2.05, 4.69) is 19.8 Å². The Kier molecular flexibility index (Phi) is 4.28. The van der Waals surface area contributed by atoms with E-state index < -0.39 is 0 Å². The Balaban J connectivity index is 1.46. The average Bonchev–Trinajstić information content (AvgIpc) is 2.50.